The maximum atomic E-state index is 11.1. The smallest absolute Gasteiger partial charge is 0.341 e. The van der Waals surface area contributed by atoms with Gasteiger partial charge in [-0.15, -0.1) is 0 Å². The standard InChI is InChI=1S/C8H12N2O2/c1-4-7-6(8(11)12-3)5-10(2)9-7/h5H,4H2,1-3H3. The minimum Gasteiger partial charge on any atom is -0.465 e. The molecule has 1 rings (SSSR count). The molecule has 1 aromatic heterocycles. The third-order valence-electron chi connectivity index (χ3n) is 1.65. The Morgan fingerprint density at radius 1 is 1.75 bits per heavy atom. The molecule has 0 saturated carbocycles. The number of methoxy groups -OCH3 is 1. The largest absolute Gasteiger partial charge is 0.465 e. The highest BCUT2D eigenvalue weighted by atomic mass is 16.5. The summed E-state index contributed by atoms with van der Waals surface area (Å²) in [5, 5.41) is 4.11. The van der Waals surface area contributed by atoms with Crippen molar-refractivity contribution in [3.8, 4) is 0 Å². The fourth-order valence-electron chi connectivity index (χ4n) is 1.08. The van der Waals surface area contributed by atoms with Gasteiger partial charge in [-0.25, -0.2) is 4.79 Å². The number of carbonyl (C=O) groups is 1. The number of hydrogen-bond acceptors (Lipinski definition) is 3. The van der Waals surface area contributed by atoms with Crippen LogP contribution in [0.4, 0.5) is 0 Å². The number of carbonyl (C=O) groups excluding carboxylic acids is 1. The molecule has 0 saturated heterocycles. The van der Waals surface area contributed by atoms with Gasteiger partial charge in [-0.2, -0.15) is 5.10 Å². The van der Waals surface area contributed by atoms with Gasteiger partial charge in [0.1, 0.15) is 5.56 Å². The van der Waals surface area contributed by atoms with Crippen LogP contribution in [-0.4, -0.2) is 22.9 Å². The number of nitrogens with zero attached hydrogens (tertiary/aromatic N) is 2. The van der Waals surface area contributed by atoms with Crippen LogP contribution in [0.15, 0.2) is 6.20 Å². The Balaban J connectivity index is 3.04. The third-order valence-corrected chi connectivity index (χ3v) is 1.65. The molecule has 0 amide bonds. The normalized spacial score (nSPS) is 9.92. The van der Waals surface area contributed by atoms with Crippen molar-refractivity contribution in [2.45, 2.75) is 13.3 Å². The number of aromatic nitrogens is 2. The van der Waals surface area contributed by atoms with Crippen LogP contribution in [0.25, 0.3) is 0 Å². The molecule has 4 heteroatoms. The van der Waals surface area contributed by atoms with Crippen molar-refractivity contribution in [3.63, 3.8) is 0 Å². The highest BCUT2D eigenvalue weighted by molar-refractivity contribution is 5.90. The van der Waals surface area contributed by atoms with E-state index in [4.69, 9.17) is 0 Å². The SMILES string of the molecule is CCc1nn(C)cc1C(=O)OC. The van der Waals surface area contributed by atoms with Gasteiger partial charge in [0.25, 0.3) is 0 Å². The lowest BCUT2D eigenvalue weighted by Crippen LogP contribution is -2.02. The first-order chi connectivity index (χ1) is 5.69. The van der Waals surface area contributed by atoms with Crippen LogP contribution in [-0.2, 0) is 18.2 Å². The summed E-state index contributed by atoms with van der Waals surface area (Å²) in [7, 11) is 3.15. The van der Waals surface area contributed by atoms with Crippen molar-refractivity contribution in [1.29, 1.82) is 0 Å². The van der Waals surface area contributed by atoms with E-state index >= 15 is 0 Å². The second-order valence-corrected chi connectivity index (χ2v) is 2.51. The summed E-state index contributed by atoms with van der Waals surface area (Å²) in [6.07, 6.45) is 2.41. The molecule has 0 atom stereocenters. The monoisotopic (exact) mass is 168 g/mol. The summed E-state index contributed by atoms with van der Waals surface area (Å²) >= 11 is 0. The first kappa shape index (κ1) is 8.77. The summed E-state index contributed by atoms with van der Waals surface area (Å²) < 4.78 is 6.22. The predicted molar refractivity (Wildman–Crippen MR) is 43.9 cm³/mol. The second kappa shape index (κ2) is 3.38. The number of esters is 1. The lowest BCUT2D eigenvalue weighted by Gasteiger charge is -1.95. The molecule has 0 unspecified atom stereocenters. The van der Waals surface area contributed by atoms with Crippen LogP contribution in [0.3, 0.4) is 0 Å². The minimum absolute atomic E-state index is 0.319. The van der Waals surface area contributed by atoms with E-state index in [0.717, 1.165) is 12.1 Å². The number of ether oxygens (including phenoxy) is 1. The lowest BCUT2D eigenvalue weighted by atomic mass is 10.2. The van der Waals surface area contributed by atoms with Gasteiger partial charge in [-0.3, -0.25) is 4.68 Å². The van der Waals surface area contributed by atoms with E-state index in [1.807, 2.05) is 6.92 Å². The molecule has 0 N–H and O–H groups in total. The van der Waals surface area contributed by atoms with Crippen LogP contribution in [0.2, 0.25) is 0 Å². The van der Waals surface area contributed by atoms with E-state index < -0.39 is 0 Å². The van der Waals surface area contributed by atoms with Gasteiger partial charge in [0.2, 0.25) is 0 Å². The van der Waals surface area contributed by atoms with Crippen molar-refractivity contribution >= 4 is 5.97 Å². The summed E-state index contributed by atoms with van der Waals surface area (Å²) in [6.45, 7) is 1.95. The van der Waals surface area contributed by atoms with Crippen LogP contribution in [0.1, 0.15) is 23.0 Å². The molecule has 12 heavy (non-hydrogen) atoms. The predicted octanol–water partition coefficient (Wildman–Crippen LogP) is 0.769. The zero-order valence-electron chi connectivity index (χ0n) is 7.50. The van der Waals surface area contributed by atoms with E-state index in [-0.39, 0.29) is 5.97 Å². The van der Waals surface area contributed by atoms with E-state index in [0.29, 0.717) is 5.56 Å². The first-order valence-corrected chi connectivity index (χ1v) is 3.79. The summed E-state index contributed by atoms with van der Waals surface area (Å²) in [4.78, 5) is 11.1. The third kappa shape index (κ3) is 1.47. The Hall–Kier alpha value is -1.32. The van der Waals surface area contributed by atoms with Crippen LogP contribution in [0.5, 0.6) is 0 Å². The quantitative estimate of drug-likeness (QED) is 0.612. The van der Waals surface area contributed by atoms with Gasteiger partial charge in [0, 0.05) is 13.2 Å². The maximum Gasteiger partial charge on any atom is 0.341 e. The maximum absolute atomic E-state index is 11.1. The summed E-state index contributed by atoms with van der Waals surface area (Å²) in [6, 6.07) is 0. The van der Waals surface area contributed by atoms with Crippen LogP contribution >= 0.6 is 0 Å². The average Bonchev–Trinajstić information content (AvgIpc) is 2.45. The van der Waals surface area contributed by atoms with Crippen LogP contribution in [0, 0.1) is 0 Å². The van der Waals surface area contributed by atoms with E-state index in [2.05, 4.69) is 9.84 Å². The van der Waals surface area contributed by atoms with Crippen molar-refractivity contribution in [3.05, 3.63) is 17.5 Å². The molecule has 0 aliphatic carbocycles. The van der Waals surface area contributed by atoms with Gasteiger partial charge >= 0.3 is 5.97 Å². The van der Waals surface area contributed by atoms with Crippen LogP contribution < -0.4 is 0 Å². The van der Waals surface area contributed by atoms with Gasteiger partial charge in [0.15, 0.2) is 0 Å². The molecule has 1 heterocycles. The fraction of sp³-hybridized carbons (Fsp3) is 0.500. The molecule has 0 aliphatic heterocycles. The Labute approximate surface area is 71.1 Å². The topological polar surface area (TPSA) is 44.1 Å². The van der Waals surface area contributed by atoms with E-state index in [9.17, 15) is 4.79 Å². The van der Waals surface area contributed by atoms with Gasteiger partial charge in [0.05, 0.1) is 12.8 Å². The fourth-order valence-corrected chi connectivity index (χ4v) is 1.08. The zero-order chi connectivity index (χ0) is 9.14. The average molecular weight is 168 g/mol. The number of aryl methyl sites for hydroxylation is 2. The number of hydrogen-bond donors (Lipinski definition) is 0. The Morgan fingerprint density at radius 2 is 2.42 bits per heavy atom. The molecule has 1 aromatic rings. The van der Waals surface area contributed by atoms with E-state index in [1.54, 1.807) is 17.9 Å². The van der Waals surface area contributed by atoms with Crippen molar-refractivity contribution < 1.29 is 9.53 Å². The first-order valence-electron chi connectivity index (χ1n) is 3.79. The second-order valence-electron chi connectivity index (χ2n) is 2.51. The van der Waals surface area contributed by atoms with E-state index in [1.165, 1.54) is 7.11 Å². The minimum atomic E-state index is -0.319. The van der Waals surface area contributed by atoms with Crippen molar-refractivity contribution in [2.75, 3.05) is 7.11 Å². The van der Waals surface area contributed by atoms with Crippen molar-refractivity contribution in [2.24, 2.45) is 7.05 Å². The molecule has 4 nitrogen and oxygen atoms in total. The Kier molecular flexibility index (Phi) is 2.47. The number of rotatable bonds is 2. The molecule has 0 bridgehead atoms. The molecular formula is C8H12N2O2. The highest BCUT2D eigenvalue weighted by Gasteiger charge is 2.13. The Bertz CT molecular complexity index is 291. The molecular weight excluding hydrogens is 156 g/mol. The highest BCUT2D eigenvalue weighted by Crippen LogP contribution is 2.07. The lowest BCUT2D eigenvalue weighted by molar-refractivity contribution is 0.0599. The summed E-state index contributed by atoms with van der Waals surface area (Å²) in [5.74, 6) is -0.319. The summed E-state index contributed by atoms with van der Waals surface area (Å²) in [5.41, 5.74) is 1.34. The Morgan fingerprint density at radius 3 is 2.92 bits per heavy atom. The molecule has 66 valence electrons. The molecule has 0 fully saturated rings. The molecule has 0 radical (unpaired) electrons. The van der Waals surface area contributed by atoms with Gasteiger partial charge < -0.3 is 4.74 Å². The van der Waals surface area contributed by atoms with Crippen molar-refractivity contribution in [1.82, 2.24) is 9.78 Å². The van der Waals surface area contributed by atoms with Gasteiger partial charge in [-0.05, 0) is 6.42 Å². The molecule has 0 aromatic carbocycles. The zero-order valence-corrected chi connectivity index (χ0v) is 7.50. The molecule has 0 aliphatic rings. The van der Waals surface area contributed by atoms with Gasteiger partial charge in [-0.1, -0.05) is 6.92 Å². The molecule has 0 spiro atoms.